The molecule has 1 unspecified atom stereocenters. The summed E-state index contributed by atoms with van der Waals surface area (Å²) in [5.74, 6) is -0.0676. The van der Waals surface area contributed by atoms with E-state index in [9.17, 15) is 4.79 Å². The van der Waals surface area contributed by atoms with Gasteiger partial charge in [0.2, 0.25) is 0 Å². The van der Waals surface area contributed by atoms with Crippen molar-refractivity contribution in [2.24, 2.45) is 5.92 Å². The number of carbonyl (C=O) groups excluding carboxylic acids is 1. The predicted molar refractivity (Wildman–Crippen MR) is 69.2 cm³/mol. The second-order valence-electron chi connectivity index (χ2n) is 5.02. The van der Waals surface area contributed by atoms with Gasteiger partial charge in [-0.3, -0.25) is 4.79 Å². The second-order valence-corrected chi connectivity index (χ2v) is 5.02. The predicted octanol–water partition coefficient (Wildman–Crippen LogP) is 2.29. The highest BCUT2D eigenvalue weighted by Crippen LogP contribution is 2.20. The molecule has 0 aromatic heterocycles. The van der Waals surface area contributed by atoms with Gasteiger partial charge in [-0.25, -0.2) is 0 Å². The van der Waals surface area contributed by atoms with Crippen molar-refractivity contribution in [2.45, 2.75) is 64.6 Å². The van der Waals surface area contributed by atoms with E-state index in [-0.39, 0.29) is 30.7 Å². The Morgan fingerprint density at radius 3 is 2.67 bits per heavy atom. The number of unbranched alkanes of at least 4 members (excludes halogenated alkanes) is 1. The minimum Gasteiger partial charge on any atom is -0.463 e. The molecular formula is C14H26O4. The summed E-state index contributed by atoms with van der Waals surface area (Å²) in [7, 11) is 0. The first kappa shape index (κ1) is 15.4. The van der Waals surface area contributed by atoms with Crippen molar-refractivity contribution in [3.05, 3.63) is 0 Å². The summed E-state index contributed by atoms with van der Waals surface area (Å²) < 4.78 is 10.9. The van der Waals surface area contributed by atoms with Gasteiger partial charge in [-0.2, -0.15) is 0 Å². The highest BCUT2D eigenvalue weighted by molar-refractivity contribution is 5.72. The van der Waals surface area contributed by atoms with Crippen LogP contribution in [0.2, 0.25) is 0 Å². The van der Waals surface area contributed by atoms with E-state index in [0.717, 1.165) is 38.5 Å². The van der Waals surface area contributed by atoms with Gasteiger partial charge in [-0.05, 0) is 25.7 Å². The molecule has 18 heavy (non-hydrogen) atoms. The maximum atomic E-state index is 11.9. The highest BCUT2D eigenvalue weighted by atomic mass is 16.6. The molecule has 0 saturated carbocycles. The maximum Gasteiger partial charge on any atom is 0.309 e. The van der Waals surface area contributed by atoms with Gasteiger partial charge >= 0.3 is 5.97 Å². The van der Waals surface area contributed by atoms with E-state index in [1.165, 1.54) is 0 Å². The first-order valence-electron chi connectivity index (χ1n) is 7.14. The summed E-state index contributed by atoms with van der Waals surface area (Å²) >= 11 is 0. The summed E-state index contributed by atoms with van der Waals surface area (Å²) in [5.41, 5.74) is 0. The topological polar surface area (TPSA) is 55.8 Å². The van der Waals surface area contributed by atoms with Gasteiger partial charge in [0.15, 0.2) is 0 Å². The van der Waals surface area contributed by atoms with Crippen molar-refractivity contribution in [3.8, 4) is 0 Å². The van der Waals surface area contributed by atoms with E-state index in [0.29, 0.717) is 6.61 Å². The Morgan fingerprint density at radius 1 is 1.39 bits per heavy atom. The molecule has 106 valence electrons. The molecule has 1 aliphatic rings. The average molecular weight is 258 g/mol. The Hall–Kier alpha value is -0.610. The molecule has 0 aliphatic carbocycles. The Labute approximate surface area is 110 Å². The molecular weight excluding hydrogens is 232 g/mol. The Bertz CT molecular complexity index is 242. The Balaban J connectivity index is 2.23. The first-order valence-corrected chi connectivity index (χ1v) is 7.14. The third kappa shape index (κ3) is 4.94. The lowest BCUT2D eigenvalue weighted by Gasteiger charge is -2.16. The fourth-order valence-electron chi connectivity index (χ4n) is 2.27. The first-order chi connectivity index (χ1) is 8.71. The summed E-state index contributed by atoms with van der Waals surface area (Å²) in [5, 5.41) is 8.95. The lowest BCUT2D eigenvalue weighted by atomic mass is 10.00. The van der Waals surface area contributed by atoms with Crippen LogP contribution in [0.25, 0.3) is 0 Å². The number of aliphatic hydroxyl groups is 1. The zero-order valence-corrected chi connectivity index (χ0v) is 11.6. The van der Waals surface area contributed by atoms with Crippen molar-refractivity contribution in [1.82, 2.24) is 0 Å². The van der Waals surface area contributed by atoms with Crippen molar-refractivity contribution < 1.29 is 19.4 Å². The number of esters is 1. The van der Waals surface area contributed by atoms with Crippen LogP contribution < -0.4 is 0 Å². The summed E-state index contributed by atoms with van der Waals surface area (Å²) in [6, 6.07) is 0. The van der Waals surface area contributed by atoms with Gasteiger partial charge in [-0.1, -0.05) is 26.7 Å². The Kier molecular flexibility index (Phi) is 7.28. The van der Waals surface area contributed by atoms with Crippen molar-refractivity contribution in [2.75, 3.05) is 13.2 Å². The standard InChI is InChI=1S/C14H26O4/c1-3-5-6-11(4-2)14(16)17-10-13-8-7-12(9-15)18-13/h11-13,15H,3-10H2,1-2H3/t11?,12-,13-/m0/s1. The van der Waals surface area contributed by atoms with Crippen LogP contribution in [0.4, 0.5) is 0 Å². The van der Waals surface area contributed by atoms with Crippen LogP contribution >= 0.6 is 0 Å². The quantitative estimate of drug-likeness (QED) is 0.679. The SMILES string of the molecule is CCCCC(CC)C(=O)OC[C@@H]1CC[C@@H](CO)O1. The average Bonchev–Trinajstić information content (AvgIpc) is 2.85. The molecule has 3 atom stereocenters. The molecule has 1 heterocycles. The molecule has 0 amide bonds. The van der Waals surface area contributed by atoms with E-state index in [1.54, 1.807) is 0 Å². The largest absolute Gasteiger partial charge is 0.463 e. The van der Waals surface area contributed by atoms with Gasteiger partial charge in [0, 0.05) is 0 Å². The molecule has 0 aromatic rings. The number of hydrogen-bond acceptors (Lipinski definition) is 4. The molecule has 0 spiro atoms. The van der Waals surface area contributed by atoms with Gasteiger partial charge in [-0.15, -0.1) is 0 Å². The number of ether oxygens (including phenoxy) is 2. The zero-order valence-electron chi connectivity index (χ0n) is 11.6. The van der Waals surface area contributed by atoms with Gasteiger partial charge in [0.25, 0.3) is 0 Å². The molecule has 1 aliphatic heterocycles. The van der Waals surface area contributed by atoms with Gasteiger partial charge in [0.1, 0.15) is 6.61 Å². The van der Waals surface area contributed by atoms with Crippen molar-refractivity contribution in [3.63, 3.8) is 0 Å². The van der Waals surface area contributed by atoms with Crippen LogP contribution in [0.1, 0.15) is 52.4 Å². The van der Waals surface area contributed by atoms with E-state index in [2.05, 4.69) is 6.92 Å². The Morgan fingerprint density at radius 2 is 2.11 bits per heavy atom. The number of rotatable bonds is 8. The summed E-state index contributed by atoms with van der Waals surface area (Å²) in [6.45, 7) is 4.53. The maximum absolute atomic E-state index is 11.9. The van der Waals surface area contributed by atoms with Crippen LogP contribution in [-0.4, -0.2) is 36.5 Å². The van der Waals surface area contributed by atoms with Gasteiger partial charge in [0.05, 0.1) is 24.7 Å². The van der Waals surface area contributed by atoms with E-state index >= 15 is 0 Å². The van der Waals surface area contributed by atoms with Crippen LogP contribution in [0, 0.1) is 5.92 Å². The van der Waals surface area contributed by atoms with Crippen molar-refractivity contribution in [1.29, 1.82) is 0 Å². The van der Waals surface area contributed by atoms with Crippen LogP contribution in [-0.2, 0) is 14.3 Å². The number of carbonyl (C=O) groups is 1. The third-order valence-corrected chi connectivity index (χ3v) is 3.54. The van der Waals surface area contributed by atoms with E-state index in [1.807, 2.05) is 6.92 Å². The normalized spacial score (nSPS) is 25.1. The number of aliphatic hydroxyl groups excluding tert-OH is 1. The minimum atomic E-state index is -0.0954. The minimum absolute atomic E-state index is 0.0278. The number of hydrogen-bond donors (Lipinski definition) is 1. The second kappa shape index (κ2) is 8.48. The van der Waals surface area contributed by atoms with Gasteiger partial charge < -0.3 is 14.6 Å². The molecule has 1 saturated heterocycles. The van der Waals surface area contributed by atoms with Crippen LogP contribution in [0.3, 0.4) is 0 Å². The molecule has 0 bridgehead atoms. The molecule has 4 heteroatoms. The smallest absolute Gasteiger partial charge is 0.309 e. The van der Waals surface area contributed by atoms with Crippen LogP contribution in [0.5, 0.6) is 0 Å². The molecule has 4 nitrogen and oxygen atoms in total. The van der Waals surface area contributed by atoms with Crippen molar-refractivity contribution >= 4 is 5.97 Å². The van der Waals surface area contributed by atoms with E-state index < -0.39 is 0 Å². The monoisotopic (exact) mass is 258 g/mol. The lowest BCUT2D eigenvalue weighted by molar-refractivity contribution is -0.153. The summed E-state index contributed by atoms with van der Waals surface area (Å²) in [6.07, 6.45) is 5.54. The molecule has 0 aromatic carbocycles. The fraction of sp³-hybridized carbons (Fsp3) is 0.929. The lowest BCUT2D eigenvalue weighted by Crippen LogP contribution is -2.24. The molecule has 1 rings (SSSR count). The fourth-order valence-corrected chi connectivity index (χ4v) is 2.27. The molecule has 1 N–H and O–H groups in total. The summed E-state index contributed by atoms with van der Waals surface area (Å²) in [4.78, 5) is 11.9. The van der Waals surface area contributed by atoms with Crippen LogP contribution in [0.15, 0.2) is 0 Å². The molecule has 1 fully saturated rings. The highest BCUT2D eigenvalue weighted by Gasteiger charge is 2.26. The molecule has 0 radical (unpaired) electrons. The zero-order chi connectivity index (χ0) is 13.4. The third-order valence-electron chi connectivity index (χ3n) is 3.54. The van der Waals surface area contributed by atoms with E-state index in [4.69, 9.17) is 14.6 Å².